The Morgan fingerprint density at radius 2 is 2.12 bits per heavy atom. The van der Waals surface area contributed by atoms with Crippen molar-refractivity contribution in [3.05, 3.63) is 0 Å². The first-order chi connectivity index (χ1) is 7.70. The van der Waals surface area contributed by atoms with E-state index < -0.39 is 17.9 Å². The molecule has 0 aromatic rings. The lowest BCUT2D eigenvalue weighted by molar-refractivity contribution is -0.242. The standard InChI is InChI=1S/C12H21NO4/c1-8(14)9-7-13(6-5-10(9)15)11(16)17-12(2,3)4/h9,11,16H,5-7H2,1-4H3. The maximum atomic E-state index is 11.5. The van der Waals surface area contributed by atoms with Crippen LogP contribution in [-0.2, 0) is 14.3 Å². The van der Waals surface area contributed by atoms with Crippen LogP contribution in [-0.4, -0.2) is 46.7 Å². The third-order valence-corrected chi connectivity index (χ3v) is 2.71. The maximum absolute atomic E-state index is 11.5. The van der Waals surface area contributed by atoms with Crippen LogP contribution in [0, 0.1) is 5.92 Å². The highest BCUT2D eigenvalue weighted by atomic mass is 16.6. The van der Waals surface area contributed by atoms with Crippen molar-refractivity contribution in [1.29, 1.82) is 0 Å². The molecule has 1 saturated heterocycles. The molecule has 1 N–H and O–H groups in total. The minimum absolute atomic E-state index is 0.0447. The van der Waals surface area contributed by atoms with Crippen LogP contribution >= 0.6 is 0 Å². The highest BCUT2D eigenvalue weighted by Crippen LogP contribution is 2.19. The van der Waals surface area contributed by atoms with Crippen LogP contribution in [0.1, 0.15) is 34.1 Å². The molecule has 5 nitrogen and oxygen atoms in total. The highest BCUT2D eigenvalue weighted by Gasteiger charge is 2.34. The number of aliphatic hydroxyl groups is 1. The zero-order valence-electron chi connectivity index (χ0n) is 10.9. The van der Waals surface area contributed by atoms with Crippen LogP contribution < -0.4 is 0 Å². The molecule has 17 heavy (non-hydrogen) atoms. The van der Waals surface area contributed by atoms with Gasteiger partial charge in [-0.25, -0.2) is 0 Å². The molecule has 0 aliphatic carbocycles. The van der Waals surface area contributed by atoms with Gasteiger partial charge in [-0.1, -0.05) is 0 Å². The summed E-state index contributed by atoms with van der Waals surface area (Å²) in [6.07, 6.45) is -0.778. The molecule has 0 bridgehead atoms. The second-order valence-corrected chi connectivity index (χ2v) is 5.43. The maximum Gasteiger partial charge on any atom is 0.216 e. The first-order valence-corrected chi connectivity index (χ1v) is 5.84. The average Bonchev–Trinajstić information content (AvgIpc) is 2.14. The number of carbonyl (C=O) groups is 2. The number of hydrogen-bond donors (Lipinski definition) is 1. The summed E-state index contributed by atoms with van der Waals surface area (Å²) in [5, 5.41) is 9.88. The molecule has 2 atom stereocenters. The molecule has 0 aromatic heterocycles. The quantitative estimate of drug-likeness (QED) is 0.579. The van der Waals surface area contributed by atoms with Crippen LogP contribution in [0.15, 0.2) is 0 Å². The number of nitrogens with zero attached hydrogens (tertiary/aromatic N) is 1. The normalized spacial score (nSPS) is 24.8. The van der Waals surface area contributed by atoms with E-state index in [0.717, 1.165) is 0 Å². The van der Waals surface area contributed by atoms with Gasteiger partial charge in [0.25, 0.3) is 0 Å². The first-order valence-electron chi connectivity index (χ1n) is 5.84. The number of likely N-dealkylation sites (tertiary alicyclic amines) is 1. The largest absolute Gasteiger partial charge is 0.356 e. The molecule has 1 aliphatic heterocycles. The van der Waals surface area contributed by atoms with Crippen LogP contribution in [0.5, 0.6) is 0 Å². The van der Waals surface area contributed by atoms with Crippen LogP contribution in [0.25, 0.3) is 0 Å². The number of ether oxygens (including phenoxy) is 1. The molecule has 0 spiro atoms. The Labute approximate surface area is 102 Å². The van der Waals surface area contributed by atoms with Gasteiger partial charge >= 0.3 is 0 Å². The Morgan fingerprint density at radius 3 is 2.59 bits per heavy atom. The molecule has 1 aliphatic rings. The number of aliphatic hydroxyl groups excluding tert-OH is 1. The third kappa shape index (κ3) is 4.18. The fourth-order valence-electron chi connectivity index (χ4n) is 1.80. The predicted molar refractivity (Wildman–Crippen MR) is 62.2 cm³/mol. The lowest BCUT2D eigenvalue weighted by Gasteiger charge is -2.36. The van der Waals surface area contributed by atoms with Gasteiger partial charge in [-0.15, -0.1) is 0 Å². The van der Waals surface area contributed by atoms with E-state index in [9.17, 15) is 14.7 Å². The molecule has 2 unspecified atom stereocenters. The SMILES string of the molecule is CC(=O)C1CN(C(O)OC(C)(C)C)CCC1=O. The summed E-state index contributed by atoms with van der Waals surface area (Å²) in [6, 6.07) is 0. The van der Waals surface area contributed by atoms with Crippen molar-refractivity contribution in [1.82, 2.24) is 4.90 Å². The second-order valence-electron chi connectivity index (χ2n) is 5.43. The van der Waals surface area contributed by atoms with E-state index >= 15 is 0 Å². The molecule has 98 valence electrons. The lowest BCUT2D eigenvalue weighted by atomic mass is 9.93. The summed E-state index contributed by atoms with van der Waals surface area (Å²) in [6.45, 7) is 7.60. The summed E-state index contributed by atoms with van der Waals surface area (Å²) in [7, 11) is 0. The van der Waals surface area contributed by atoms with Gasteiger partial charge in [-0.05, 0) is 27.7 Å². The molecule has 5 heteroatoms. The van der Waals surface area contributed by atoms with Gasteiger partial charge < -0.3 is 9.84 Å². The van der Waals surface area contributed by atoms with Gasteiger partial charge in [0, 0.05) is 19.5 Å². The number of rotatable bonds is 3. The van der Waals surface area contributed by atoms with E-state index in [1.165, 1.54) is 6.92 Å². The zero-order valence-corrected chi connectivity index (χ0v) is 10.9. The minimum Gasteiger partial charge on any atom is -0.356 e. The van der Waals surface area contributed by atoms with Crippen molar-refractivity contribution >= 4 is 11.6 Å². The summed E-state index contributed by atoms with van der Waals surface area (Å²) in [4.78, 5) is 24.4. The van der Waals surface area contributed by atoms with Crippen molar-refractivity contribution in [2.24, 2.45) is 5.92 Å². The van der Waals surface area contributed by atoms with Gasteiger partial charge in [0.15, 0.2) is 0 Å². The molecule has 0 radical (unpaired) electrons. The topological polar surface area (TPSA) is 66.8 Å². The summed E-state index contributed by atoms with van der Waals surface area (Å²) < 4.78 is 5.40. The molecule has 1 heterocycles. The van der Waals surface area contributed by atoms with Crippen LogP contribution in [0.3, 0.4) is 0 Å². The lowest BCUT2D eigenvalue weighted by Crippen LogP contribution is -2.50. The molecular formula is C12H21NO4. The second kappa shape index (κ2) is 5.25. The number of carbonyl (C=O) groups excluding carboxylic acids is 2. The molecule has 0 aromatic carbocycles. The number of hydrogen-bond acceptors (Lipinski definition) is 5. The predicted octanol–water partition coefficient (Wildman–Crippen LogP) is 0.557. The van der Waals surface area contributed by atoms with E-state index in [-0.39, 0.29) is 24.5 Å². The third-order valence-electron chi connectivity index (χ3n) is 2.71. The molecular weight excluding hydrogens is 222 g/mol. The Hall–Kier alpha value is -0.780. The number of ketones is 2. The zero-order chi connectivity index (χ0) is 13.2. The summed E-state index contributed by atoms with van der Waals surface area (Å²) in [5.41, 5.74) is -0.466. The minimum atomic E-state index is -1.06. The Bertz CT molecular complexity index is 308. The van der Waals surface area contributed by atoms with Crippen molar-refractivity contribution in [3.8, 4) is 0 Å². The van der Waals surface area contributed by atoms with E-state index in [1.807, 2.05) is 20.8 Å². The Kier molecular flexibility index (Phi) is 4.41. The number of Topliss-reactive ketones (excluding diaryl/α,β-unsaturated/α-hetero) is 2. The van der Waals surface area contributed by atoms with Gasteiger partial charge in [-0.2, -0.15) is 0 Å². The fourth-order valence-corrected chi connectivity index (χ4v) is 1.80. The van der Waals surface area contributed by atoms with Crippen molar-refractivity contribution < 1.29 is 19.4 Å². The molecule has 1 fully saturated rings. The van der Waals surface area contributed by atoms with E-state index in [4.69, 9.17) is 4.74 Å². The van der Waals surface area contributed by atoms with Crippen LogP contribution in [0.2, 0.25) is 0 Å². The summed E-state index contributed by atoms with van der Waals surface area (Å²) >= 11 is 0. The fraction of sp³-hybridized carbons (Fsp3) is 0.833. The monoisotopic (exact) mass is 243 g/mol. The van der Waals surface area contributed by atoms with Crippen molar-refractivity contribution in [2.45, 2.75) is 46.1 Å². The van der Waals surface area contributed by atoms with Gasteiger partial charge in [-0.3, -0.25) is 14.5 Å². The van der Waals surface area contributed by atoms with E-state index in [1.54, 1.807) is 4.90 Å². The van der Waals surface area contributed by atoms with Gasteiger partial charge in [0.05, 0.1) is 11.5 Å². The van der Waals surface area contributed by atoms with Gasteiger partial charge in [0.2, 0.25) is 6.41 Å². The Morgan fingerprint density at radius 1 is 1.53 bits per heavy atom. The van der Waals surface area contributed by atoms with E-state index in [0.29, 0.717) is 6.54 Å². The number of piperidine rings is 1. The van der Waals surface area contributed by atoms with E-state index in [2.05, 4.69) is 0 Å². The molecule has 0 amide bonds. The molecule has 0 saturated carbocycles. The van der Waals surface area contributed by atoms with Crippen molar-refractivity contribution in [3.63, 3.8) is 0 Å². The summed E-state index contributed by atoms with van der Waals surface area (Å²) in [5.74, 6) is -0.818. The first kappa shape index (κ1) is 14.3. The van der Waals surface area contributed by atoms with Gasteiger partial charge in [0.1, 0.15) is 11.6 Å². The Balaban J connectivity index is 2.61. The van der Waals surface area contributed by atoms with Crippen LogP contribution in [0.4, 0.5) is 0 Å². The highest BCUT2D eigenvalue weighted by molar-refractivity contribution is 6.02. The average molecular weight is 243 g/mol. The molecule has 1 rings (SSSR count). The van der Waals surface area contributed by atoms with Crippen molar-refractivity contribution in [2.75, 3.05) is 13.1 Å². The smallest absolute Gasteiger partial charge is 0.216 e.